The number of hydrogen-bond acceptors (Lipinski definition) is 3. The van der Waals surface area contributed by atoms with Crippen molar-refractivity contribution in [3.05, 3.63) is 24.0 Å². The van der Waals surface area contributed by atoms with Crippen molar-refractivity contribution < 1.29 is 4.79 Å². The highest BCUT2D eigenvalue weighted by Gasteiger charge is 2.19. The summed E-state index contributed by atoms with van der Waals surface area (Å²) in [4.78, 5) is 17.5. The average molecular weight is 233 g/mol. The molecule has 0 aliphatic carbocycles. The minimum Gasteiger partial charge on any atom is -0.371 e. The Hall–Kier alpha value is -1.58. The van der Waals surface area contributed by atoms with E-state index in [4.69, 9.17) is 0 Å². The zero-order valence-corrected chi connectivity index (χ0v) is 10.4. The topological polar surface area (TPSA) is 45.2 Å². The van der Waals surface area contributed by atoms with Gasteiger partial charge in [-0.3, -0.25) is 9.78 Å². The van der Waals surface area contributed by atoms with Crippen LogP contribution in [0.25, 0.3) is 0 Å². The zero-order chi connectivity index (χ0) is 12.3. The number of aromatic nitrogens is 1. The molecule has 0 unspecified atom stereocenters. The third-order valence-electron chi connectivity index (χ3n) is 3.15. The van der Waals surface area contributed by atoms with Crippen molar-refractivity contribution in [3.63, 3.8) is 0 Å². The lowest BCUT2D eigenvalue weighted by Gasteiger charge is -2.33. The fourth-order valence-electron chi connectivity index (χ4n) is 2.30. The summed E-state index contributed by atoms with van der Waals surface area (Å²) in [7, 11) is 0. The Morgan fingerprint density at radius 3 is 2.76 bits per heavy atom. The van der Waals surface area contributed by atoms with Gasteiger partial charge < -0.3 is 10.2 Å². The molecule has 0 aromatic carbocycles. The monoisotopic (exact) mass is 233 g/mol. The molecule has 0 bridgehead atoms. The smallest absolute Gasteiger partial charge is 0.217 e. The number of nitrogens with zero attached hydrogens (tertiary/aromatic N) is 2. The minimum atomic E-state index is 0.0724. The predicted octanol–water partition coefficient (Wildman–Crippen LogP) is 1.49. The first-order chi connectivity index (χ1) is 8.15. The number of nitrogens with one attached hydrogen (secondary N) is 1. The predicted molar refractivity (Wildman–Crippen MR) is 68.0 cm³/mol. The molecule has 0 atom stereocenters. The number of hydrogen-bond donors (Lipinski definition) is 1. The Morgan fingerprint density at radius 2 is 2.18 bits per heavy atom. The van der Waals surface area contributed by atoms with Crippen LogP contribution < -0.4 is 10.2 Å². The molecule has 0 saturated carbocycles. The summed E-state index contributed by atoms with van der Waals surface area (Å²) in [5.41, 5.74) is 2.28. The van der Waals surface area contributed by atoms with Gasteiger partial charge in [0.05, 0.1) is 0 Å². The quantitative estimate of drug-likeness (QED) is 0.842. The van der Waals surface area contributed by atoms with Crippen molar-refractivity contribution in [2.24, 2.45) is 0 Å². The number of anilines is 1. The number of pyridine rings is 1. The van der Waals surface area contributed by atoms with Crippen molar-refractivity contribution in [1.29, 1.82) is 0 Å². The Morgan fingerprint density at radius 1 is 1.47 bits per heavy atom. The molecule has 1 aromatic rings. The number of aryl methyl sites for hydroxylation is 1. The fraction of sp³-hybridized carbons (Fsp3) is 0.538. The van der Waals surface area contributed by atoms with E-state index in [-0.39, 0.29) is 5.91 Å². The third-order valence-corrected chi connectivity index (χ3v) is 3.15. The van der Waals surface area contributed by atoms with Crippen LogP contribution in [0.4, 0.5) is 5.69 Å². The zero-order valence-electron chi connectivity index (χ0n) is 10.4. The van der Waals surface area contributed by atoms with Gasteiger partial charge in [-0.05, 0) is 31.9 Å². The van der Waals surface area contributed by atoms with Gasteiger partial charge >= 0.3 is 0 Å². The second-order valence-electron chi connectivity index (χ2n) is 4.62. The van der Waals surface area contributed by atoms with Crippen LogP contribution in [0.15, 0.2) is 18.3 Å². The van der Waals surface area contributed by atoms with Gasteiger partial charge in [-0.1, -0.05) is 0 Å². The minimum absolute atomic E-state index is 0.0724. The van der Waals surface area contributed by atoms with E-state index in [2.05, 4.69) is 21.3 Å². The molecule has 1 N–H and O–H groups in total. The molecular weight excluding hydrogens is 214 g/mol. The Balaban J connectivity index is 1.93. The van der Waals surface area contributed by atoms with Gasteiger partial charge in [0, 0.05) is 43.6 Å². The van der Waals surface area contributed by atoms with E-state index < -0.39 is 0 Å². The van der Waals surface area contributed by atoms with Gasteiger partial charge in [-0.25, -0.2) is 0 Å². The average Bonchev–Trinajstić information content (AvgIpc) is 2.29. The van der Waals surface area contributed by atoms with Crippen LogP contribution >= 0.6 is 0 Å². The molecule has 1 aliphatic heterocycles. The first-order valence-electron chi connectivity index (χ1n) is 6.10. The van der Waals surface area contributed by atoms with Gasteiger partial charge in [0.1, 0.15) is 0 Å². The highest BCUT2D eigenvalue weighted by molar-refractivity contribution is 5.73. The van der Waals surface area contributed by atoms with Gasteiger partial charge in [0.15, 0.2) is 0 Å². The summed E-state index contributed by atoms with van der Waals surface area (Å²) < 4.78 is 0. The first kappa shape index (κ1) is 11.9. The lowest BCUT2D eigenvalue weighted by atomic mass is 10.0. The van der Waals surface area contributed by atoms with Gasteiger partial charge in [0.25, 0.3) is 0 Å². The summed E-state index contributed by atoms with van der Waals surface area (Å²) in [5, 5.41) is 2.99. The van der Waals surface area contributed by atoms with E-state index in [1.165, 1.54) is 5.69 Å². The maximum absolute atomic E-state index is 11.0. The Kier molecular flexibility index (Phi) is 3.61. The number of piperidine rings is 1. The first-order valence-corrected chi connectivity index (χ1v) is 6.10. The largest absolute Gasteiger partial charge is 0.371 e. The second-order valence-corrected chi connectivity index (χ2v) is 4.62. The normalized spacial score (nSPS) is 16.9. The SMILES string of the molecule is CC(=O)NC1CCN(c2ccnc(C)c2)CC1. The van der Waals surface area contributed by atoms with Gasteiger partial charge in [0.2, 0.25) is 5.91 Å². The molecule has 4 nitrogen and oxygen atoms in total. The van der Waals surface area contributed by atoms with Crippen LogP contribution in [-0.2, 0) is 4.79 Å². The van der Waals surface area contributed by atoms with E-state index in [1.54, 1.807) is 6.92 Å². The molecule has 0 spiro atoms. The van der Waals surface area contributed by atoms with Crippen LogP contribution in [0, 0.1) is 6.92 Å². The molecular formula is C13H19N3O. The lowest BCUT2D eigenvalue weighted by molar-refractivity contribution is -0.119. The Labute approximate surface area is 102 Å². The van der Waals surface area contributed by atoms with Gasteiger partial charge in [-0.2, -0.15) is 0 Å². The summed E-state index contributed by atoms with van der Waals surface area (Å²) in [6.45, 7) is 5.58. The van der Waals surface area contributed by atoms with E-state index in [0.29, 0.717) is 6.04 Å². The van der Waals surface area contributed by atoms with E-state index in [0.717, 1.165) is 31.6 Å². The molecule has 92 valence electrons. The maximum atomic E-state index is 11.0. The lowest BCUT2D eigenvalue weighted by Crippen LogP contribution is -2.44. The molecule has 2 rings (SSSR count). The molecule has 0 radical (unpaired) electrons. The molecule has 1 aromatic heterocycles. The molecule has 1 fully saturated rings. The van der Waals surface area contributed by atoms with Crippen molar-refractivity contribution in [2.45, 2.75) is 32.7 Å². The van der Waals surface area contributed by atoms with E-state index in [1.807, 2.05) is 19.2 Å². The number of rotatable bonds is 2. The number of amides is 1. The van der Waals surface area contributed by atoms with Crippen LogP contribution in [-0.4, -0.2) is 30.0 Å². The summed E-state index contributed by atoms with van der Waals surface area (Å²) in [5.74, 6) is 0.0724. The van der Waals surface area contributed by atoms with Crippen molar-refractivity contribution in [3.8, 4) is 0 Å². The van der Waals surface area contributed by atoms with Crippen molar-refractivity contribution in [1.82, 2.24) is 10.3 Å². The Bertz CT molecular complexity index is 397. The van der Waals surface area contributed by atoms with E-state index >= 15 is 0 Å². The van der Waals surface area contributed by atoms with Crippen molar-refractivity contribution in [2.75, 3.05) is 18.0 Å². The molecule has 4 heteroatoms. The summed E-state index contributed by atoms with van der Waals surface area (Å²) in [6, 6.07) is 4.50. The number of carbonyl (C=O) groups excluding carboxylic acids is 1. The standard InChI is InChI=1S/C13H19N3O/c1-10-9-13(3-6-14-10)16-7-4-12(5-8-16)15-11(2)17/h3,6,9,12H,4-5,7-8H2,1-2H3,(H,15,17). The highest BCUT2D eigenvalue weighted by Crippen LogP contribution is 2.19. The summed E-state index contributed by atoms with van der Waals surface area (Å²) in [6.07, 6.45) is 3.88. The maximum Gasteiger partial charge on any atom is 0.217 e. The second kappa shape index (κ2) is 5.17. The van der Waals surface area contributed by atoms with Gasteiger partial charge in [-0.15, -0.1) is 0 Å². The number of carbonyl (C=O) groups is 1. The van der Waals surface area contributed by atoms with E-state index in [9.17, 15) is 4.79 Å². The molecule has 17 heavy (non-hydrogen) atoms. The van der Waals surface area contributed by atoms with Crippen LogP contribution in [0.1, 0.15) is 25.5 Å². The van der Waals surface area contributed by atoms with Crippen molar-refractivity contribution >= 4 is 11.6 Å². The van der Waals surface area contributed by atoms with Crippen LogP contribution in [0.3, 0.4) is 0 Å². The summed E-state index contributed by atoms with van der Waals surface area (Å²) >= 11 is 0. The highest BCUT2D eigenvalue weighted by atomic mass is 16.1. The fourth-order valence-corrected chi connectivity index (χ4v) is 2.30. The molecule has 1 aliphatic rings. The molecule has 1 amide bonds. The van der Waals surface area contributed by atoms with Crippen LogP contribution in [0.5, 0.6) is 0 Å². The molecule has 1 saturated heterocycles. The molecule has 2 heterocycles. The third kappa shape index (κ3) is 3.19. The van der Waals surface area contributed by atoms with Crippen LogP contribution in [0.2, 0.25) is 0 Å².